The standard InChI is InChI=1S/C52H45NO/c1-51(2,3)38-30-37(31-39(33-38)52(4,5)6)41-22-13-18-35-19-14-23-44(49(35)41)42-20-9-11-25-46(42)53(40-29-28-34-16-7-8-17-36(34)32-40)47-26-15-24-45-43-21-10-12-27-48(43)54-50(45)47/h7-33H,1-6H3. The molecule has 0 aliphatic carbocycles. The van der Waals surface area contributed by atoms with Gasteiger partial charge in [-0.1, -0.05) is 175 Å². The smallest absolute Gasteiger partial charge is 0.159 e. The number of hydrogen-bond donors (Lipinski definition) is 0. The molecule has 0 bridgehead atoms. The van der Waals surface area contributed by atoms with E-state index in [1.54, 1.807) is 0 Å². The summed E-state index contributed by atoms with van der Waals surface area (Å²) in [6, 6.07) is 59.8. The highest BCUT2D eigenvalue weighted by Crippen LogP contribution is 2.48. The molecule has 2 nitrogen and oxygen atoms in total. The summed E-state index contributed by atoms with van der Waals surface area (Å²) < 4.78 is 6.72. The van der Waals surface area contributed by atoms with Crippen molar-refractivity contribution >= 4 is 60.5 Å². The lowest BCUT2D eigenvalue weighted by Crippen LogP contribution is -2.16. The van der Waals surface area contributed by atoms with Crippen molar-refractivity contribution in [2.75, 3.05) is 4.90 Å². The monoisotopic (exact) mass is 699 g/mol. The first-order valence-corrected chi connectivity index (χ1v) is 19.0. The Labute approximate surface area is 318 Å². The lowest BCUT2D eigenvalue weighted by molar-refractivity contribution is 0.569. The van der Waals surface area contributed by atoms with Gasteiger partial charge in [0.2, 0.25) is 0 Å². The number of benzene rings is 8. The fraction of sp³-hybridized carbons (Fsp3) is 0.154. The third kappa shape index (κ3) is 5.83. The second kappa shape index (κ2) is 12.8. The van der Waals surface area contributed by atoms with Gasteiger partial charge in [-0.25, -0.2) is 0 Å². The van der Waals surface area contributed by atoms with Crippen LogP contribution in [-0.4, -0.2) is 0 Å². The van der Waals surface area contributed by atoms with Crippen molar-refractivity contribution in [2.45, 2.75) is 52.4 Å². The van der Waals surface area contributed by atoms with Crippen molar-refractivity contribution in [3.63, 3.8) is 0 Å². The number of fused-ring (bicyclic) bond motifs is 5. The molecule has 9 rings (SSSR count). The Bertz CT molecular complexity index is 2820. The van der Waals surface area contributed by atoms with Crippen LogP contribution in [0.4, 0.5) is 17.1 Å². The van der Waals surface area contributed by atoms with Crippen LogP contribution in [0.25, 0.3) is 65.7 Å². The van der Waals surface area contributed by atoms with Crippen LogP contribution < -0.4 is 4.90 Å². The molecule has 8 aromatic carbocycles. The summed E-state index contributed by atoms with van der Waals surface area (Å²) in [5.41, 5.74) is 12.5. The molecular formula is C52H45NO. The van der Waals surface area contributed by atoms with Gasteiger partial charge in [0.1, 0.15) is 5.58 Å². The van der Waals surface area contributed by atoms with Crippen molar-refractivity contribution in [1.29, 1.82) is 0 Å². The molecule has 0 N–H and O–H groups in total. The zero-order valence-electron chi connectivity index (χ0n) is 31.9. The summed E-state index contributed by atoms with van der Waals surface area (Å²) >= 11 is 0. The number of rotatable bonds is 5. The van der Waals surface area contributed by atoms with Gasteiger partial charge in [-0.05, 0) is 90.5 Å². The number of anilines is 3. The van der Waals surface area contributed by atoms with Crippen LogP contribution in [0.5, 0.6) is 0 Å². The maximum atomic E-state index is 6.72. The molecule has 54 heavy (non-hydrogen) atoms. The molecule has 0 fully saturated rings. The maximum absolute atomic E-state index is 6.72. The summed E-state index contributed by atoms with van der Waals surface area (Å²) in [6.45, 7) is 13.9. The third-order valence-electron chi connectivity index (χ3n) is 10.9. The molecule has 1 aromatic heterocycles. The number of para-hydroxylation sites is 3. The lowest BCUT2D eigenvalue weighted by Gasteiger charge is -2.29. The second-order valence-corrected chi connectivity index (χ2v) is 16.6. The first kappa shape index (κ1) is 33.7. The van der Waals surface area contributed by atoms with Crippen LogP contribution in [0.2, 0.25) is 0 Å². The molecule has 0 saturated heterocycles. The van der Waals surface area contributed by atoms with Crippen LogP contribution in [0.3, 0.4) is 0 Å². The van der Waals surface area contributed by atoms with Gasteiger partial charge >= 0.3 is 0 Å². The summed E-state index contributed by atoms with van der Waals surface area (Å²) in [4.78, 5) is 2.39. The molecule has 0 radical (unpaired) electrons. The normalized spacial score (nSPS) is 12.3. The highest BCUT2D eigenvalue weighted by atomic mass is 16.3. The Morgan fingerprint density at radius 2 is 1.00 bits per heavy atom. The minimum absolute atomic E-state index is 0.00799. The summed E-state index contributed by atoms with van der Waals surface area (Å²) in [6.07, 6.45) is 0. The highest BCUT2D eigenvalue weighted by molar-refractivity contribution is 6.13. The van der Waals surface area contributed by atoms with Crippen LogP contribution in [0.1, 0.15) is 52.7 Å². The summed E-state index contributed by atoms with van der Waals surface area (Å²) in [7, 11) is 0. The molecule has 0 unspecified atom stereocenters. The molecule has 0 aliphatic heterocycles. The van der Waals surface area contributed by atoms with Gasteiger partial charge in [-0.2, -0.15) is 0 Å². The van der Waals surface area contributed by atoms with E-state index >= 15 is 0 Å². The van der Waals surface area contributed by atoms with E-state index in [1.165, 1.54) is 49.4 Å². The number of hydrogen-bond acceptors (Lipinski definition) is 2. The first-order valence-electron chi connectivity index (χ1n) is 19.0. The predicted molar refractivity (Wildman–Crippen MR) is 232 cm³/mol. The SMILES string of the molecule is CC(C)(C)c1cc(-c2cccc3cccc(-c4ccccc4N(c4ccc5ccccc5c4)c4cccc5c4oc4ccccc45)c23)cc(C(C)(C)C)c1. The molecule has 0 spiro atoms. The topological polar surface area (TPSA) is 16.4 Å². The molecule has 2 heteroatoms. The zero-order chi connectivity index (χ0) is 37.2. The summed E-state index contributed by atoms with van der Waals surface area (Å²) in [5, 5.41) is 7.09. The Kier molecular flexibility index (Phi) is 7.97. The average molecular weight is 700 g/mol. The van der Waals surface area contributed by atoms with Gasteiger partial charge in [0.05, 0.1) is 11.4 Å². The molecule has 9 aromatic rings. The lowest BCUT2D eigenvalue weighted by atomic mass is 9.78. The fourth-order valence-electron chi connectivity index (χ4n) is 7.98. The van der Waals surface area contributed by atoms with E-state index in [9.17, 15) is 0 Å². The largest absolute Gasteiger partial charge is 0.454 e. The number of nitrogens with zero attached hydrogens (tertiary/aromatic N) is 1. The molecule has 0 aliphatic rings. The predicted octanol–water partition coefficient (Wildman–Crippen LogP) is 15.3. The van der Waals surface area contributed by atoms with Gasteiger partial charge < -0.3 is 9.32 Å². The Morgan fingerprint density at radius 1 is 0.426 bits per heavy atom. The van der Waals surface area contributed by atoms with Crippen molar-refractivity contribution in [3.8, 4) is 22.3 Å². The molecule has 264 valence electrons. The Balaban J connectivity index is 1.33. The quantitative estimate of drug-likeness (QED) is 0.178. The minimum atomic E-state index is 0.00799. The van der Waals surface area contributed by atoms with Crippen LogP contribution >= 0.6 is 0 Å². The number of furan rings is 1. The Morgan fingerprint density at radius 3 is 1.76 bits per heavy atom. The van der Waals surface area contributed by atoms with Gasteiger partial charge in [-0.15, -0.1) is 0 Å². The Hall–Kier alpha value is -6.12. The maximum Gasteiger partial charge on any atom is 0.159 e. The van der Waals surface area contributed by atoms with Gasteiger partial charge in [0, 0.05) is 22.0 Å². The van der Waals surface area contributed by atoms with Crippen LogP contribution in [0.15, 0.2) is 168 Å². The van der Waals surface area contributed by atoms with E-state index in [0.29, 0.717) is 0 Å². The summed E-state index contributed by atoms with van der Waals surface area (Å²) in [5.74, 6) is 0. The van der Waals surface area contributed by atoms with E-state index in [-0.39, 0.29) is 10.8 Å². The van der Waals surface area contributed by atoms with E-state index in [1.807, 2.05) is 6.07 Å². The third-order valence-corrected chi connectivity index (χ3v) is 10.9. The van der Waals surface area contributed by atoms with Crippen LogP contribution in [0, 0.1) is 0 Å². The fourth-order valence-corrected chi connectivity index (χ4v) is 7.98. The van der Waals surface area contributed by atoms with Crippen molar-refractivity contribution in [1.82, 2.24) is 0 Å². The second-order valence-electron chi connectivity index (χ2n) is 16.6. The first-order chi connectivity index (χ1) is 26.0. The van der Waals surface area contributed by atoms with Gasteiger partial charge in [0.25, 0.3) is 0 Å². The van der Waals surface area contributed by atoms with Crippen molar-refractivity contribution in [3.05, 3.63) is 175 Å². The average Bonchev–Trinajstić information content (AvgIpc) is 3.56. The van der Waals surface area contributed by atoms with E-state index in [4.69, 9.17) is 4.42 Å². The van der Waals surface area contributed by atoms with Gasteiger partial charge in [-0.3, -0.25) is 0 Å². The van der Waals surface area contributed by atoms with Gasteiger partial charge in [0.15, 0.2) is 5.58 Å². The van der Waals surface area contributed by atoms with E-state index in [0.717, 1.165) is 44.6 Å². The van der Waals surface area contributed by atoms with Crippen LogP contribution in [-0.2, 0) is 10.8 Å². The van der Waals surface area contributed by atoms with E-state index in [2.05, 4.69) is 204 Å². The molecule has 1 heterocycles. The minimum Gasteiger partial charge on any atom is -0.454 e. The molecule has 0 amide bonds. The highest BCUT2D eigenvalue weighted by Gasteiger charge is 2.25. The van der Waals surface area contributed by atoms with E-state index < -0.39 is 0 Å². The van der Waals surface area contributed by atoms with Crippen molar-refractivity contribution < 1.29 is 4.42 Å². The van der Waals surface area contributed by atoms with Crippen molar-refractivity contribution in [2.24, 2.45) is 0 Å². The molecule has 0 saturated carbocycles. The zero-order valence-corrected chi connectivity index (χ0v) is 31.9. The molecular weight excluding hydrogens is 655 g/mol. The molecule has 0 atom stereocenters.